The van der Waals surface area contributed by atoms with Crippen molar-refractivity contribution >= 4 is 0 Å². The highest BCUT2D eigenvalue weighted by molar-refractivity contribution is 5.22. The van der Waals surface area contributed by atoms with Gasteiger partial charge in [-0.3, -0.25) is 0 Å². The molecule has 0 aromatic carbocycles. The van der Waals surface area contributed by atoms with Crippen LogP contribution in [0.2, 0.25) is 0 Å². The van der Waals surface area contributed by atoms with Crippen LogP contribution >= 0.6 is 0 Å². The minimum Gasteiger partial charge on any atom is -0.368 e. The number of hydrogen-bond donors (Lipinski definition) is 1. The predicted molar refractivity (Wildman–Crippen MR) is 155 cm³/mol. The van der Waals surface area contributed by atoms with Crippen LogP contribution in [0.4, 0.5) is 0 Å². The summed E-state index contributed by atoms with van der Waals surface area (Å²) in [7, 11) is 1.98. The molecule has 2 saturated carbocycles. The van der Waals surface area contributed by atoms with Crippen LogP contribution in [0.5, 0.6) is 0 Å². The normalized spacial score (nSPS) is 27.6. The first-order valence-electron chi connectivity index (χ1n) is 16.1. The SMILES string of the molecule is CCCCCCCC/C=C\CCCCCCCCC(COC12CC(C)CCC1C2(C)C)[N+](C)(O)CC. The highest BCUT2D eigenvalue weighted by Gasteiger charge is 2.73. The predicted octanol–water partition coefficient (Wildman–Crippen LogP) is 9.87. The van der Waals surface area contributed by atoms with Gasteiger partial charge in [-0.25, -0.2) is 5.21 Å². The van der Waals surface area contributed by atoms with Crippen LogP contribution in [0.1, 0.15) is 150 Å². The molecule has 0 amide bonds. The van der Waals surface area contributed by atoms with E-state index in [-0.39, 0.29) is 16.3 Å². The van der Waals surface area contributed by atoms with E-state index in [1.165, 1.54) is 109 Å². The summed E-state index contributed by atoms with van der Waals surface area (Å²) in [5, 5.41) is 11.1. The van der Waals surface area contributed by atoms with Crippen LogP contribution in [0.3, 0.4) is 0 Å². The van der Waals surface area contributed by atoms with Crippen molar-refractivity contribution < 1.29 is 14.6 Å². The van der Waals surface area contributed by atoms with Crippen LogP contribution in [-0.4, -0.2) is 41.7 Å². The molecule has 0 aliphatic heterocycles. The molecule has 0 bridgehead atoms. The fourth-order valence-corrected chi connectivity index (χ4v) is 6.99. The topological polar surface area (TPSA) is 29.5 Å². The molecule has 0 radical (unpaired) electrons. The van der Waals surface area contributed by atoms with Gasteiger partial charge in [-0.1, -0.05) is 104 Å². The first kappa shape index (κ1) is 31.8. The molecule has 5 unspecified atom stereocenters. The zero-order valence-corrected chi connectivity index (χ0v) is 25.3. The molecule has 5 atom stereocenters. The number of fused-ring (bicyclic) bond motifs is 1. The average Bonchev–Trinajstić information content (AvgIpc) is 3.33. The van der Waals surface area contributed by atoms with E-state index in [9.17, 15) is 5.21 Å². The maximum atomic E-state index is 11.1. The number of rotatable bonds is 21. The Labute approximate surface area is 226 Å². The summed E-state index contributed by atoms with van der Waals surface area (Å²) >= 11 is 0. The van der Waals surface area contributed by atoms with Gasteiger partial charge in [-0.2, -0.15) is 4.65 Å². The molecule has 2 aliphatic rings. The summed E-state index contributed by atoms with van der Waals surface area (Å²) in [6, 6.07) is 0.190. The molecular weight excluding hydrogens is 442 g/mol. The third kappa shape index (κ3) is 9.42. The van der Waals surface area contributed by atoms with Gasteiger partial charge in [0.05, 0.1) is 12.6 Å². The summed E-state index contributed by atoms with van der Waals surface area (Å²) in [4.78, 5) is 0. The van der Waals surface area contributed by atoms with Gasteiger partial charge in [0.25, 0.3) is 0 Å². The smallest absolute Gasteiger partial charge is 0.142 e. The van der Waals surface area contributed by atoms with Crippen molar-refractivity contribution in [3.8, 4) is 0 Å². The first-order valence-corrected chi connectivity index (χ1v) is 16.1. The average molecular weight is 507 g/mol. The number of likely N-dealkylation sites (N-methyl/N-ethyl adjacent to an activating group) is 1. The molecule has 3 nitrogen and oxygen atoms in total. The first-order chi connectivity index (χ1) is 17.2. The number of hydrogen-bond acceptors (Lipinski definition) is 2. The lowest BCUT2D eigenvalue weighted by molar-refractivity contribution is -1.10. The fourth-order valence-electron chi connectivity index (χ4n) is 6.99. The second-order valence-corrected chi connectivity index (χ2v) is 13.3. The van der Waals surface area contributed by atoms with Gasteiger partial charge < -0.3 is 4.74 Å². The summed E-state index contributed by atoms with van der Waals surface area (Å²) < 4.78 is 6.88. The maximum Gasteiger partial charge on any atom is 0.142 e. The van der Waals surface area contributed by atoms with E-state index >= 15 is 0 Å². The summed E-state index contributed by atoms with van der Waals surface area (Å²) in [5.41, 5.74) is 0.372. The van der Waals surface area contributed by atoms with Crippen molar-refractivity contribution in [1.29, 1.82) is 0 Å². The Morgan fingerprint density at radius 3 is 2.00 bits per heavy atom. The molecule has 212 valence electrons. The van der Waals surface area contributed by atoms with Gasteiger partial charge in [0.1, 0.15) is 19.2 Å². The second kappa shape index (κ2) is 15.9. The van der Waals surface area contributed by atoms with Crippen molar-refractivity contribution in [1.82, 2.24) is 0 Å². The number of quaternary nitrogens is 1. The van der Waals surface area contributed by atoms with Gasteiger partial charge in [0, 0.05) is 6.42 Å². The third-order valence-electron chi connectivity index (χ3n) is 10.1. The summed E-state index contributed by atoms with van der Waals surface area (Å²) in [6.45, 7) is 13.0. The molecule has 0 saturated heterocycles. The lowest BCUT2D eigenvalue weighted by atomic mass is 9.88. The van der Waals surface area contributed by atoms with E-state index in [0.29, 0.717) is 17.9 Å². The molecule has 0 aromatic rings. The van der Waals surface area contributed by atoms with Crippen LogP contribution in [0.15, 0.2) is 12.2 Å². The molecule has 36 heavy (non-hydrogen) atoms. The van der Waals surface area contributed by atoms with E-state index in [1.54, 1.807) is 0 Å². The maximum absolute atomic E-state index is 11.1. The number of unbranched alkanes of at least 4 members (excludes halogenated alkanes) is 12. The molecule has 0 heterocycles. The van der Waals surface area contributed by atoms with Crippen molar-refractivity contribution in [2.45, 2.75) is 162 Å². The van der Waals surface area contributed by atoms with E-state index in [0.717, 1.165) is 18.9 Å². The Morgan fingerprint density at radius 1 is 0.861 bits per heavy atom. The number of hydroxylamine groups is 3. The van der Waals surface area contributed by atoms with Crippen LogP contribution in [0.25, 0.3) is 0 Å². The van der Waals surface area contributed by atoms with E-state index in [2.05, 4.69) is 46.8 Å². The Morgan fingerprint density at radius 2 is 1.42 bits per heavy atom. The molecule has 3 heteroatoms. The molecule has 2 fully saturated rings. The minimum absolute atomic E-state index is 0.0692. The zero-order valence-electron chi connectivity index (χ0n) is 25.3. The van der Waals surface area contributed by atoms with E-state index < -0.39 is 0 Å². The highest BCUT2D eigenvalue weighted by atomic mass is 16.6. The molecule has 1 N–H and O–H groups in total. The Kier molecular flexibility index (Phi) is 14.1. The molecule has 2 rings (SSSR count). The van der Waals surface area contributed by atoms with Gasteiger partial charge in [-0.05, 0) is 69.1 Å². The van der Waals surface area contributed by atoms with Crippen molar-refractivity contribution in [2.24, 2.45) is 17.3 Å². The molecule has 0 aromatic heterocycles. The molecule has 2 aliphatic carbocycles. The molecule has 0 spiro atoms. The van der Waals surface area contributed by atoms with E-state index in [4.69, 9.17) is 4.74 Å². The number of ether oxygens (including phenoxy) is 1. The van der Waals surface area contributed by atoms with Gasteiger partial charge in [-0.15, -0.1) is 0 Å². The lowest BCUT2D eigenvalue weighted by Crippen LogP contribution is -2.52. The minimum atomic E-state index is 0.0692. The largest absolute Gasteiger partial charge is 0.368 e. The van der Waals surface area contributed by atoms with Crippen LogP contribution in [0, 0.1) is 17.3 Å². The Hall–Kier alpha value is -0.380. The Bertz CT molecular complexity index is 613. The summed E-state index contributed by atoms with van der Waals surface area (Å²) in [6.07, 6.45) is 28.5. The zero-order chi connectivity index (χ0) is 26.5. The highest BCUT2D eigenvalue weighted by Crippen LogP contribution is 2.71. The lowest BCUT2D eigenvalue weighted by Gasteiger charge is -2.36. The van der Waals surface area contributed by atoms with Gasteiger partial charge in [0.15, 0.2) is 0 Å². The van der Waals surface area contributed by atoms with E-state index in [1.807, 2.05) is 7.05 Å². The third-order valence-corrected chi connectivity index (χ3v) is 10.1. The fraction of sp³-hybridized carbons (Fsp3) is 0.939. The standard InChI is InChI=1S/C33H64NO2/c1-7-9-10-11-12-13-14-15-16-17-18-19-20-21-22-23-24-30(34(6,35)8-2)28-36-33-27-29(3)25-26-31(33)32(33,4)5/h15-16,29-31,35H,7-14,17-28H2,1-6H3/q+1/b16-15-. The molecular formula is C33H64NO2+. The Balaban J connectivity index is 1.56. The number of nitrogens with zero attached hydrogens (tertiary/aromatic N) is 1. The quantitative estimate of drug-likeness (QED) is 0.0726. The monoisotopic (exact) mass is 506 g/mol. The van der Waals surface area contributed by atoms with Crippen molar-refractivity contribution in [2.75, 3.05) is 20.2 Å². The van der Waals surface area contributed by atoms with Crippen molar-refractivity contribution in [3.63, 3.8) is 0 Å². The van der Waals surface area contributed by atoms with Crippen LogP contribution in [-0.2, 0) is 4.74 Å². The van der Waals surface area contributed by atoms with Gasteiger partial charge >= 0.3 is 0 Å². The number of allylic oxidation sites excluding steroid dienone is 2. The van der Waals surface area contributed by atoms with Crippen LogP contribution < -0.4 is 0 Å². The second-order valence-electron chi connectivity index (χ2n) is 13.3. The summed E-state index contributed by atoms with van der Waals surface area (Å²) in [5.74, 6) is 1.48. The van der Waals surface area contributed by atoms with Gasteiger partial charge in [0.2, 0.25) is 0 Å². The van der Waals surface area contributed by atoms with Crippen molar-refractivity contribution in [3.05, 3.63) is 12.2 Å².